The molecule has 8 nitrogen and oxygen atoms in total. The number of methoxy groups -OCH3 is 1. The first kappa shape index (κ1) is 20.9. The molecule has 0 atom stereocenters. The minimum absolute atomic E-state index is 0.0143. The normalized spacial score (nSPS) is 11.7. The molecule has 0 bridgehead atoms. The Morgan fingerprint density at radius 1 is 1.28 bits per heavy atom. The van der Waals surface area contributed by atoms with Crippen LogP contribution >= 0.6 is 11.6 Å². The van der Waals surface area contributed by atoms with Gasteiger partial charge in [0.1, 0.15) is 5.02 Å². The van der Waals surface area contributed by atoms with Crippen LogP contribution in [0.2, 0.25) is 5.02 Å². The Kier molecular flexibility index (Phi) is 5.66. The Bertz CT molecular complexity index is 1080. The van der Waals surface area contributed by atoms with Crippen molar-refractivity contribution >= 4 is 34.8 Å². The van der Waals surface area contributed by atoms with Gasteiger partial charge < -0.3 is 10.1 Å². The van der Waals surface area contributed by atoms with Gasteiger partial charge in [-0.1, -0.05) is 44.0 Å². The van der Waals surface area contributed by atoms with Gasteiger partial charge in [0.2, 0.25) is 5.91 Å². The summed E-state index contributed by atoms with van der Waals surface area (Å²) in [6.07, 6.45) is 0.0403. The number of fused-ring (bicyclic) bond motifs is 1. The molecule has 2 N–H and O–H groups in total. The van der Waals surface area contributed by atoms with Gasteiger partial charge >= 0.3 is 5.97 Å². The number of hydrogen-bond donors (Lipinski definition) is 2. The van der Waals surface area contributed by atoms with Gasteiger partial charge in [0.05, 0.1) is 24.9 Å². The lowest BCUT2D eigenvalue weighted by Gasteiger charge is -2.16. The van der Waals surface area contributed by atoms with E-state index in [-0.39, 0.29) is 24.2 Å². The van der Waals surface area contributed by atoms with E-state index in [9.17, 15) is 9.59 Å². The van der Waals surface area contributed by atoms with Crippen molar-refractivity contribution in [2.75, 3.05) is 12.4 Å². The summed E-state index contributed by atoms with van der Waals surface area (Å²) in [5.41, 5.74) is 3.42. The van der Waals surface area contributed by atoms with Gasteiger partial charge in [-0.05, 0) is 19.1 Å². The summed E-state index contributed by atoms with van der Waals surface area (Å²) < 4.78 is 6.12. The van der Waals surface area contributed by atoms with Crippen LogP contribution in [0.1, 0.15) is 44.9 Å². The number of esters is 1. The smallest absolute Gasteiger partial charge is 0.306 e. The van der Waals surface area contributed by atoms with E-state index < -0.39 is 5.97 Å². The number of nitrogens with zero attached hydrogens (tertiary/aromatic N) is 3. The molecule has 0 unspecified atom stereocenters. The summed E-state index contributed by atoms with van der Waals surface area (Å²) in [4.78, 5) is 28.1. The van der Waals surface area contributed by atoms with Gasteiger partial charge in [-0.2, -0.15) is 4.63 Å². The molecular weight excluding hydrogens is 394 g/mol. The summed E-state index contributed by atoms with van der Waals surface area (Å²) in [6.45, 7) is 8.09. The maximum absolute atomic E-state index is 12.2. The molecule has 0 spiro atoms. The maximum atomic E-state index is 12.2. The number of amides is 1. The molecule has 2 aromatic heterocycles. The van der Waals surface area contributed by atoms with Crippen LogP contribution in [-0.4, -0.2) is 38.8 Å². The number of H-pyrrole nitrogens is 1. The molecule has 2 heterocycles. The second kappa shape index (κ2) is 7.87. The molecule has 1 amide bonds. The van der Waals surface area contributed by atoms with Crippen LogP contribution in [0, 0.1) is 6.92 Å². The first-order valence-electron chi connectivity index (χ1n) is 9.22. The molecule has 0 radical (unpaired) electrons. The average Bonchev–Trinajstić information content (AvgIpc) is 3.20. The highest BCUT2D eigenvalue weighted by Gasteiger charge is 2.25. The molecule has 0 fully saturated rings. The Morgan fingerprint density at radius 2 is 2.00 bits per heavy atom. The van der Waals surface area contributed by atoms with Crippen molar-refractivity contribution in [3.8, 4) is 11.4 Å². The summed E-state index contributed by atoms with van der Waals surface area (Å²) in [5.74, 6) is -0.289. The van der Waals surface area contributed by atoms with E-state index in [4.69, 9.17) is 11.6 Å². The second-order valence-corrected chi connectivity index (χ2v) is 8.27. The fourth-order valence-corrected chi connectivity index (χ4v) is 3.34. The number of aromatic amines is 1. The third-order valence-corrected chi connectivity index (χ3v) is 4.82. The van der Waals surface area contributed by atoms with Gasteiger partial charge in [-0.25, -0.2) is 4.98 Å². The molecule has 9 heteroatoms. The van der Waals surface area contributed by atoms with Gasteiger partial charge in [0.25, 0.3) is 0 Å². The summed E-state index contributed by atoms with van der Waals surface area (Å²) in [7, 11) is 1.29. The van der Waals surface area contributed by atoms with Crippen molar-refractivity contribution in [3.63, 3.8) is 0 Å². The van der Waals surface area contributed by atoms with E-state index in [1.165, 1.54) is 7.11 Å². The van der Waals surface area contributed by atoms with Crippen molar-refractivity contribution in [2.24, 2.45) is 0 Å². The fourth-order valence-electron chi connectivity index (χ4n) is 2.89. The molecule has 3 aromatic rings. The van der Waals surface area contributed by atoms with E-state index in [0.717, 1.165) is 11.3 Å². The number of ether oxygens (including phenoxy) is 1. The summed E-state index contributed by atoms with van der Waals surface area (Å²) in [6, 6.07) is 5.56. The number of carbonyl (C=O) groups is 2. The minimum Gasteiger partial charge on any atom is -0.469 e. The zero-order valence-electron chi connectivity index (χ0n) is 17.1. The summed E-state index contributed by atoms with van der Waals surface area (Å²) >= 11 is 6.51. The van der Waals surface area contributed by atoms with Gasteiger partial charge in [-0.3, -0.25) is 14.7 Å². The molecule has 3 rings (SSSR count). The average molecular weight is 418 g/mol. The number of nitrogens with one attached hydrogen (secondary N) is 2. The first-order chi connectivity index (χ1) is 13.6. The molecular formula is C20H24ClN5O3. The van der Waals surface area contributed by atoms with E-state index in [1.807, 2.05) is 39.8 Å². The van der Waals surface area contributed by atoms with Crippen molar-refractivity contribution in [2.45, 2.75) is 46.0 Å². The SMILES string of the molecule is COC(=O)CCC(=O)Nc1ccc(C)cc1-c1nc2c(Cl)c(C(C)(C)C)[nH]n2n1. The topological polar surface area (TPSA) is 101 Å². The number of hydrogen-bond acceptors (Lipinski definition) is 5. The molecule has 0 aliphatic rings. The number of rotatable bonds is 5. The Hall–Kier alpha value is -2.87. The zero-order chi connectivity index (χ0) is 21.3. The van der Waals surface area contributed by atoms with Crippen LogP contribution in [0.5, 0.6) is 0 Å². The van der Waals surface area contributed by atoms with Crippen molar-refractivity contribution in [1.82, 2.24) is 19.8 Å². The van der Waals surface area contributed by atoms with Gasteiger partial charge in [0, 0.05) is 17.4 Å². The third-order valence-electron chi connectivity index (χ3n) is 4.46. The lowest BCUT2D eigenvalue weighted by Crippen LogP contribution is -2.14. The Labute approximate surface area is 173 Å². The van der Waals surface area contributed by atoms with Crippen LogP contribution in [0.4, 0.5) is 5.69 Å². The molecule has 0 aliphatic carbocycles. The van der Waals surface area contributed by atoms with Crippen molar-refractivity contribution in [1.29, 1.82) is 0 Å². The molecule has 1 aromatic carbocycles. The highest BCUT2D eigenvalue weighted by molar-refractivity contribution is 6.34. The van der Waals surface area contributed by atoms with Gasteiger partial charge in [0.15, 0.2) is 11.5 Å². The lowest BCUT2D eigenvalue weighted by molar-refractivity contribution is -0.141. The van der Waals surface area contributed by atoms with E-state index >= 15 is 0 Å². The number of anilines is 1. The molecule has 0 aliphatic heterocycles. The quantitative estimate of drug-likeness (QED) is 0.613. The van der Waals surface area contributed by atoms with Crippen LogP contribution in [0.3, 0.4) is 0 Å². The zero-order valence-corrected chi connectivity index (χ0v) is 17.8. The predicted molar refractivity (Wildman–Crippen MR) is 111 cm³/mol. The standard InChI is InChI=1S/C20H24ClN5O3/c1-11-6-7-13(22-14(27)8-9-15(28)29-5)12(10-11)18-23-19-16(21)17(20(2,3)4)24-26(19)25-18/h6-7,10,24H,8-9H2,1-5H3,(H,22,27). The highest BCUT2D eigenvalue weighted by atomic mass is 35.5. The van der Waals surface area contributed by atoms with Crippen molar-refractivity contribution in [3.05, 3.63) is 34.5 Å². The number of aromatic nitrogens is 4. The summed E-state index contributed by atoms with van der Waals surface area (Å²) in [5, 5.41) is 11.0. The molecule has 0 saturated heterocycles. The number of aryl methyl sites for hydroxylation is 1. The highest BCUT2D eigenvalue weighted by Crippen LogP contribution is 2.33. The maximum Gasteiger partial charge on any atom is 0.306 e. The number of carbonyl (C=O) groups excluding carboxylic acids is 2. The van der Waals surface area contributed by atoms with Crippen molar-refractivity contribution < 1.29 is 14.3 Å². The van der Waals surface area contributed by atoms with E-state index in [0.29, 0.717) is 27.7 Å². The van der Waals surface area contributed by atoms with E-state index in [2.05, 4.69) is 25.2 Å². The number of halogens is 1. The Balaban J connectivity index is 1.93. The lowest BCUT2D eigenvalue weighted by atomic mass is 9.92. The second-order valence-electron chi connectivity index (χ2n) is 7.89. The fraction of sp³-hybridized carbons (Fsp3) is 0.400. The van der Waals surface area contributed by atoms with Gasteiger partial charge in [-0.15, -0.1) is 5.10 Å². The molecule has 0 saturated carbocycles. The van der Waals surface area contributed by atoms with Crippen LogP contribution in [0.25, 0.3) is 17.0 Å². The minimum atomic E-state index is -0.432. The van der Waals surface area contributed by atoms with E-state index in [1.54, 1.807) is 10.7 Å². The van der Waals surface area contributed by atoms with Crippen LogP contribution in [-0.2, 0) is 19.7 Å². The van der Waals surface area contributed by atoms with Crippen LogP contribution < -0.4 is 5.32 Å². The number of benzene rings is 1. The monoisotopic (exact) mass is 417 g/mol. The Morgan fingerprint density at radius 3 is 2.62 bits per heavy atom. The molecule has 29 heavy (non-hydrogen) atoms. The molecule has 154 valence electrons. The first-order valence-corrected chi connectivity index (χ1v) is 9.60. The predicted octanol–water partition coefficient (Wildman–Crippen LogP) is 3.88. The largest absolute Gasteiger partial charge is 0.469 e. The van der Waals surface area contributed by atoms with Crippen LogP contribution in [0.15, 0.2) is 18.2 Å². The third kappa shape index (κ3) is 4.42.